The van der Waals surface area contributed by atoms with Crippen molar-refractivity contribution in [2.75, 3.05) is 30.5 Å². The van der Waals surface area contributed by atoms with E-state index in [1.165, 1.54) is 6.20 Å². The number of H-pyrrole nitrogens is 1. The number of rotatable bonds is 8. The Morgan fingerprint density at radius 3 is 3.03 bits per heavy atom. The quantitative estimate of drug-likeness (QED) is 0.528. The third kappa shape index (κ3) is 5.05. The first-order valence-electron chi connectivity index (χ1n) is 10.4. The largest absolute Gasteiger partial charge is 0.381 e. The summed E-state index contributed by atoms with van der Waals surface area (Å²) in [6.07, 6.45) is 8.92. The van der Waals surface area contributed by atoms with Crippen molar-refractivity contribution in [3.8, 4) is 0 Å². The average molecular weight is 423 g/mol. The number of nitrogens with one attached hydrogen (secondary N) is 2. The smallest absolute Gasteiger partial charge is 0.217 e. The van der Waals surface area contributed by atoms with Crippen LogP contribution >= 0.6 is 0 Å². The molecule has 1 aliphatic heterocycles. The molecule has 1 fully saturated rings. The molecule has 4 heterocycles. The Morgan fingerprint density at radius 1 is 1.35 bits per heavy atom. The Hall–Kier alpha value is -3.33. The number of hydrogen-bond acceptors (Lipinski definition) is 7. The summed E-state index contributed by atoms with van der Waals surface area (Å²) in [6, 6.07) is 5.41. The van der Waals surface area contributed by atoms with Gasteiger partial charge in [0.05, 0.1) is 12.8 Å². The molecule has 0 radical (unpaired) electrons. The zero-order valence-corrected chi connectivity index (χ0v) is 17.7. The van der Waals surface area contributed by atoms with Crippen LogP contribution < -0.4 is 10.2 Å². The number of ether oxygens (including phenoxy) is 1. The fraction of sp³-hybridized carbons (Fsp3) is 0.364. The highest BCUT2D eigenvalue weighted by Crippen LogP contribution is 2.27. The molecule has 0 spiro atoms. The first-order valence-corrected chi connectivity index (χ1v) is 10.4. The van der Waals surface area contributed by atoms with E-state index in [9.17, 15) is 4.39 Å². The SMILES string of the molecule is CC/C=C/c1ncc(Nc2cc(C3CCOC3)[nH]n2)nc1N(C)Cc1cccnc1F. The second kappa shape index (κ2) is 9.65. The maximum absolute atomic E-state index is 14.0. The molecule has 0 saturated carbocycles. The monoisotopic (exact) mass is 423 g/mol. The number of aromatic nitrogens is 5. The van der Waals surface area contributed by atoms with Gasteiger partial charge in [-0.15, -0.1) is 0 Å². The minimum atomic E-state index is -0.484. The summed E-state index contributed by atoms with van der Waals surface area (Å²) in [5, 5.41) is 10.6. The van der Waals surface area contributed by atoms with Gasteiger partial charge >= 0.3 is 0 Å². The highest BCUT2D eigenvalue weighted by atomic mass is 19.1. The lowest BCUT2D eigenvalue weighted by Crippen LogP contribution is -2.21. The summed E-state index contributed by atoms with van der Waals surface area (Å²) in [6.45, 7) is 3.86. The normalized spacial score (nSPS) is 16.2. The van der Waals surface area contributed by atoms with Crippen molar-refractivity contribution in [3.05, 3.63) is 59.6 Å². The molecule has 0 aromatic carbocycles. The standard InChI is InChI=1S/C22H26FN7O/c1-3-4-7-17-22(30(2)13-15-6-5-9-24-21(15)23)27-20(12-25-17)26-19-11-18(28-29-19)16-8-10-31-14-16/h4-7,9,11-12,16H,3,8,10,13-14H2,1-2H3,(H2,26,27,28,29)/b7-4+. The van der Waals surface area contributed by atoms with E-state index >= 15 is 0 Å². The molecule has 4 rings (SSSR count). The Kier molecular flexibility index (Phi) is 6.51. The van der Waals surface area contributed by atoms with Gasteiger partial charge < -0.3 is 15.0 Å². The van der Waals surface area contributed by atoms with Crippen LogP contribution in [-0.2, 0) is 11.3 Å². The maximum atomic E-state index is 14.0. The molecule has 3 aromatic heterocycles. The second-order valence-corrected chi connectivity index (χ2v) is 7.48. The van der Waals surface area contributed by atoms with E-state index in [0.29, 0.717) is 47.8 Å². The van der Waals surface area contributed by atoms with Gasteiger partial charge in [-0.2, -0.15) is 9.49 Å². The van der Waals surface area contributed by atoms with Gasteiger partial charge in [-0.25, -0.2) is 15.0 Å². The molecule has 1 aliphatic rings. The van der Waals surface area contributed by atoms with E-state index in [0.717, 1.165) is 25.1 Å². The van der Waals surface area contributed by atoms with Crippen molar-refractivity contribution in [2.24, 2.45) is 0 Å². The van der Waals surface area contributed by atoms with Gasteiger partial charge in [0.1, 0.15) is 5.69 Å². The van der Waals surface area contributed by atoms with Gasteiger partial charge in [-0.3, -0.25) is 5.10 Å². The highest BCUT2D eigenvalue weighted by Gasteiger charge is 2.20. The molecular weight excluding hydrogens is 397 g/mol. The van der Waals surface area contributed by atoms with Crippen molar-refractivity contribution in [1.29, 1.82) is 0 Å². The van der Waals surface area contributed by atoms with Gasteiger partial charge in [-0.1, -0.05) is 19.1 Å². The lowest BCUT2D eigenvalue weighted by Gasteiger charge is -2.20. The van der Waals surface area contributed by atoms with Crippen molar-refractivity contribution in [3.63, 3.8) is 0 Å². The van der Waals surface area contributed by atoms with Crippen molar-refractivity contribution in [1.82, 2.24) is 25.1 Å². The molecule has 31 heavy (non-hydrogen) atoms. The van der Waals surface area contributed by atoms with E-state index in [1.54, 1.807) is 18.3 Å². The van der Waals surface area contributed by atoms with Gasteiger partial charge in [0, 0.05) is 49.6 Å². The predicted molar refractivity (Wildman–Crippen MR) is 118 cm³/mol. The number of nitrogens with zero attached hydrogens (tertiary/aromatic N) is 5. The summed E-state index contributed by atoms with van der Waals surface area (Å²) in [5.74, 6) is 1.72. The van der Waals surface area contributed by atoms with E-state index in [1.807, 2.05) is 30.2 Å². The minimum Gasteiger partial charge on any atom is -0.381 e. The van der Waals surface area contributed by atoms with Gasteiger partial charge in [-0.05, 0) is 25.0 Å². The number of anilines is 3. The average Bonchev–Trinajstić information content (AvgIpc) is 3.46. The predicted octanol–water partition coefficient (Wildman–Crippen LogP) is 4.04. The third-order valence-corrected chi connectivity index (χ3v) is 5.12. The number of pyridine rings is 1. The molecule has 9 heteroatoms. The first-order chi connectivity index (χ1) is 15.1. The molecule has 8 nitrogen and oxygen atoms in total. The molecule has 0 bridgehead atoms. The highest BCUT2D eigenvalue weighted by molar-refractivity contribution is 5.64. The van der Waals surface area contributed by atoms with E-state index in [4.69, 9.17) is 9.72 Å². The molecule has 0 aliphatic carbocycles. The molecule has 1 unspecified atom stereocenters. The Bertz CT molecular complexity index is 1050. The first kappa shape index (κ1) is 20.9. The summed E-state index contributed by atoms with van der Waals surface area (Å²) in [7, 11) is 1.86. The lowest BCUT2D eigenvalue weighted by atomic mass is 10.1. The zero-order valence-electron chi connectivity index (χ0n) is 17.7. The van der Waals surface area contributed by atoms with Crippen LogP contribution in [0, 0.1) is 5.95 Å². The Labute approximate surface area is 180 Å². The number of aromatic amines is 1. The van der Waals surface area contributed by atoms with Crippen LogP contribution in [0.25, 0.3) is 6.08 Å². The van der Waals surface area contributed by atoms with Crippen LogP contribution in [0.4, 0.5) is 21.8 Å². The third-order valence-electron chi connectivity index (χ3n) is 5.12. The van der Waals surface area contributed by atoms with Crippen LogP contribution in [-0.4, -0.2) is 45.4 Å². The van der Waals surface area contributed by atoms with Gasteiger partial charge in [0.2, 0.25) is 5.95 Å². The Balaban J connectivity index is 1.56. The summed E-state index contributed by atoms with van der Waals surface area (Å²) < 4.78 is 19.5. The van der Waals surface area contributed by atoms with Crippen molar-refractivity contribution in [2.45, 2.75) is 32.2 Å². The van der Waals surface area contributed by atoms with E-state index in [-0.39, 0.29) is 0 Å². The van der Waals surface area contributed by atoms with Gasteiger partial charge in [0.25, 0.3) is 0 Å². The van der Waals surface area contributed by atoms with Crippen LogP contribution in [0.1, 0.15) is 42.6 Å². The summed E-state index contributed by atoms with van der Waals surface area (Å²) in [5.41, 5.74) is 2.25. The van der Waals surface area contributed by atoms with E-state index < -0.39 is 5.95 Å². The molecule has 2 N–H and O–H groups in total. The van der Waals surface area contributed by atoms with Crippen molar-refractivity contribution < 1.29 is 9.13 Å². The Morgan fingerprint density at radius 2 is 2.26 bits per heavy atom. The fourth-order valence-corrected chi connectivity index (χ4v) is 3.47. The molecule has 1 atom stereocenters. The fourth-order valence-electron chi connectivity index (χ4n) is 3.47. The lowest BCUT2D eigenvalue weighted by molar-refractivity contribution is 0.193. The molecule has 1 saturated heterocycles. The zero-order chi connectivity index (χ0) is 21.6. The topological polar surface area (TPSA) is 91.8 Å². The maximum Gasteiger partial charge on any atom is 0.217 e. The van der Waals surface area contributed by atoms with Crippen molar-refractivity contribution >= 4 is 23.5 Å². The number of hydrogen-bond donors (Lipinski definition) is 2. The number of allylic oxidation sites excluding steroid dienone is 1. The van der Waals surface area contributed by atoms with Crippen LogP contribution in [0.3, 0.4) is 0 Å². The second-order valence-electron chi connectivity index (χ2n) is 7.48. The van der Waals surface area contributed by atoms with Crippen LogP contribution in [0.2, 0.25) is 0 Å². The van der Waals surface area contributed by atoms with Crippen LogP contribution in [0.5, 0.6) is 0 Å². The summed E-state index contributed by atoms with van der Waals surface area (Å²) in [4.78, 5) is 14.9. The molecular formula is C22H26FN7O. The van der Waals surface area contributed by atoms with Crippen LogP contribution in [0.15, 0.2) is 36.7 Å². The number of halogens is 1. The van der Waals surface area contributed by atoms with E-state index in [2.05, 4.69) is 32.4 Å². The summed E-state index contributed by atoms with van der Waals surface area (Å²) >= 11 is 0. The molecule has 0 amide bonds. The molecule has 162 valence electrons. The van der Waals surface area contributed by atoms with Gasteiger partial charge in [0.15, 0.2) is 17.5 Å². The molecule has 3 aromatic rings. The minimum absolute atomic E-state index is 0.318.